The molecule has 0 aliphatic carbocycles. The molecule has 1 aromatic rings. The maximum absolute atomic E-state index is 11.9. The van der Waals surface area contributed by atoms with Crippen molar-refractivity contribution in [2.45, 2.75) is 18.9 Å². The van der Waals surface area contributed by atoms with Crippen molar-refractivity contribution >= 4 is 23.5 Å². The van der Waals surface area contributed by atoms with Crippen LogP contribution < -0.4 is 20.1 Å². The van der Waals surface area contributed by atoms with E-state index in [4.69, 9.17) is 14.2 Å². The summed E-state index contributed by atoms with van der Waals surface area (Å²) in [5, 5.41) is 5.06. The van der Waals surface area contributed by atoms with Gasteiger partial charge in [0.15, 0.2) is 6.61 Å². The average molecular weight is 322 g/mol. The molecule has 2 N–H and O–H groups in total. The lowest BCUT2D eigenvalue weighted by Crippen LogP contribution is -2.36. The van der Waals surface area contributed by atoms with Gasteiger partial charge < -0.3 is 24.8 Å². The third kappa shape index (κ3) is 4.35. The second-order valence-electron chi connectivity index (χ2n) is 4.88. The molecule has 1 aliphatic rings. The van der Waals surface area contributed by atoms with Crippen molar-refractivity contribution in [1.82, 2.24) is 5.32 Å². The minimum atomic E-state index is -0.679. The molecule has 1 atom stereocenters. The van der Waals surface area contributed by atoms with Crippen LogP contribution in [0.25, 0.3) is 0 Å². The predicted octanol–water partition coefficient (Wildman–Crippen LogP) is 0.464. The molecule has 1 heterocycles. The number of ether oxygens (including phenoxy) is 3. The van der Waals surface area contributed by atoms with Crippen molar-refractivity contribution in [1.29, 1.82) is 0 Å². The summed E-state index contributed by atoms with van der Waals surface area (Å²) in [6, 6.07) is 4.25. The van der Waals surface area contributed by atoms with Gasteiger partial charge in [-0.1, -0.05) is 0 Å². The molecule has 2 rings (SSSR count). The smallest absolute Gasteiger partial charge is 0.329 e. The zero-order valence-electron chi connectivity index (χ0n) is 12.9. The van der Waals surface area contributed by atoms with Gasteiger partial charge in [0.05, 0.1) is 19.9 Å². The van der Waals surface area contributed by atoms with Gasteiger partial charge in [-0.05, 0) is 18.6 Å². The Bertz CT molecular complexity index is 616. The van der Waals surface area contributed by atoms with Crippen molar-refractivity contribution in [3.63, 3.8) is 0 Å². The summed E-state index contributed by atoms with van der Waals surface area (Å²) in [6.07, 6.45) is 0.663. The number of methoxy groups -OCH3 is 2. The summed E-state index contributed by atoms with van der Waals surface area (Å²) in [5.74, 6) is -0.337. The summed E-state index contributed by atoms with van der Waals surface area (Å²) in [7, 11) is 2.98. The molecule has 0 saturated carbocycles. The van der Waals surface area contributed by atoms with Crippen LogP contribution in [0, 0.1) is 0 Å². The summed E-state index contributed by atoms with van der Waals surface area (Å²) in [6.45, 7) is -0.453. The predicted molar refractivity (Wildman–Crippen MR) is 80.3 cm³/mol. The fourth-order valence-corrected chi connectivity index (χ4v) is 2.13. The topological polar surface area (TPSA) is 103 Å². The lowest BCUT2D eigenvalue weighted by atomic mass is 10.2. The largest absolute Gasteiger partial charge is 0.497 e. The first-order chi connectivity index (χ1) is 11.0. The van der Waals surface area contributed by atoms with Gasteiger partial charge in [0.1, 0.15) is 17.5 Å². The highest BCUT2D eigenvalue weighted by Gasteiger charge is 2.28. The van der Waals surface area contributed by atoms with Crippen LogP contribution in [-0.2, 0) is 19.1 Å². The molecule has 0 aromatic heterocycles. The number of carbonyl (C=O) groups excluding carboxylic acids is 3. The van der Waals surface area contributed by atoms with Gasteiger partial charge in [0.2, 0.25) is 5.91 Å². The van der Waals surface area contributed by atoms with Gasteiger partial charge in [-0.15, -0.1) is 0 Å². The molecule has 1 unspecified atom stereocenters. The van der Waals surface area contributed by atoms with E-state index in [1.807, 2.05) is 0 Å². The molecule has 1 saturated heterocycles. The van der Waals surface area contributed by atoms with Crippen LogP contribution in [0.5, 0.6) is 11.5 Å². The highest BCUT2D eigenvalue weighted by molar-refractivity contribution is 5.95. The van der Waals surface area contributed by atoms with E-state index in [0.29, 0.717) is 23.6 Å². The lowest BCUT2D eigenvalue weighted by molar-refractivity contribution is -0.149. The van der Waals surface area contributed by atoms with E-state index in [1.54, 1.807) is 18.2 Å². The molecule has 2 amide bonds. The second kappa shape index (κ2) is 7.48. The third-order valence-electron chi connectivity index (χ3n) is 3.31. The molecule has 23 heavy (non-hydrogen) atoms. The van der Waals surface area contributed by atoms with Crippen LogP contribution in [0.4, 0.5) is 5.69 Å². The van der Waals surface area contributed by atoms with Crippen LogP contribution in [0.3, 0.4) is 0 Å². The zero-order valence-corrected chi connectivity index (χ0v) is 12.9. The lowest BCUT2D eigenvalue weighted by Gasteiger charge is -2.13. The number of anilines is 1. The Morgan fingerprint density at radius 3 is 2.70 bits per heavy atom. The van der Waals surface area contributed by atoms with Crippen LogP contribution >= 0.6 is 0 Å². The molecule has 1 fully saturated rings. The normalized spacial score (nSPS) is 16.4. The quantitative estimate of drug-likeness (QED) is 0.738. The maximum atomic E-state index is 11.9. The van der Waals surface area contributed by atoms with E-state index < -0.39 is 24.5 Å². The van der Waals surface area contributed by atoms with Crippen molar-refractivity contribution in [3.05, 3.63) is 18.2 Å². The Kier molecular flexibility index (Phi) is 5.40. The van der Waals surface area contributed by atoms with Gasteiger partial charge in [0.25, 0.3) is 5.91 Å². The standard InChI is InChI=1S/C15H18N2O6/c1-21-9-3-5-12(22-2)11(7-9)17-14(19)8-23-15(20)10-4-6-13(18)16-10/h3,5,7,10H,4,6,8H2,1-2H3,(H,16,18)(H,17,19). The van der Waals surface area contributed by atoms with Gasteiger partial charge in [-0.25, -0.2) is 4.79 Å². The van der Waals surface area contributed by atoms with E-state index in [0.717, 1.165) is 0 Å². The monoisotopic (exact) mass is 322 g/mol. The molecule has 0 spiro atoms. The first kappa shape index (κ1) is 16.6. The van der Waals surface area contributed by atoms with Crippen LogP contribution in [0.15, 0.2) is 18.2 Å². The van der Waals surface area contributed by atoms with Crippen molar-refractivity contribution < 1.29 is 28.6 Å². The number of amides is 2. The molecule has 8 nitrogen and oxygen atoms in total. The van der Waals surface area contributed by atoms with Gasteiger partial charge >= 0.3 is 5.97 Å². The average Bonchev–Trinajstić information content (AvgIpc) is 2.99. The van der Waals surface area contributed by atoms with Crippen molar-refractivity contribution in [2.24, 2.45) is 0 Å². The number of rotatable bonds is 6. The summed E-state index contributed by atoms with van der Waals surface area (Å²) in [5.41, 5.74) is 0.405. The Labute approximate surface area is 133 Å². The summed E-state index contributed by atoms with van der Waals surface area (Å²) >= 11 is 0. The zero-order chi connectivity index (χ0) is 16.8. The number of benzene rings is 1. The fourth-order valence-electron chi connectivity index (χ4n) is 2.13. The first-order valence-corrected chi connectivity index (χ1v) is 7.01. The number of esters is 1. The van der Waals surface area contributed by atoms with E-state index in [2.05, 4.69) is 10.6 Å². The van der Waals surface area contributed by atoms with E-state index in [9.17, 15) is 14.4 Å². The third-order valence-corrected chi connectivity index (χ3v) is 3.31. The van der Waals surface area contributed by atoms with Crippen LogP contribution in [0.1, 0.15) is 12.8 Å². The van der Waals surface area contributed by atoms with E-state index >= 15 is 0 Å². The SMILES string of the molecule is COc1ccc(OC)c(NC(=O)COC(=O)C2CCC(=O)N2)c1. The molecule has 1 aliphatic heterocycles. The highest BCUT2D eigenvalue weighted by atomic mass is 16.5. The summed E-state index contributed by atoms with van der Waals surface area (Å²) < 4.78 is 15.1. The van der Waals surface area contributed by atoms with Gasteiger partial charge in [-0.3, -0.25) is 9.59 Å². The van der Waals surface area contributed by atoms with E-state index in [-0.39, 0.29) is 12.3 Å². The Hall–Kier alpha value is -2.77. The number of hydrogen-bond donors (Lipinski definition) is 2. The Morgan fingerprint density at radius 2 is 2.09 bits per heavy atom. The number of carbonyl (C=O) groups is 3. The minimum Gasteiger partial charge on any atom is -0.497 e. The molecule has 0 radical (unpaired) electrons. The fraction of sp³-hybridized carbons (Fsp3) is 0.400. The Balaban J connectivity index is 1.89. The molecule has 0 bridgehead atoms. The van der Waals surface area contributed by atoms with Crippen molar-refractivity contribution in [2.75, 3.05) is 26.1 Å². The first-order valence-electron chi connectivity index (χ1n) is 7.01. The van der Waals surface area contributed by atoms with Gasteiger partial charge in [0, 0.05) is 12.5 Å². The molecule has 124 valence electrons. The van der Waals surface area contributed by atoms with Crippen molar-refractivity contribution in [3.8, 4) is 11.5 Å². The molecular formula is C15H18N2O6. The second-order valence-corrected chi connectivity index (χ2v) is 4.88. The summed E-state index contributed by atoms with van der Waals surface area (Å²) in [4.78, 5) is 34.6. The molecule has 1 aromatic carbocycles. The van der Waals surface area contributed by atoms with Gasteiger partial charge in [-0.2, -0.15) is 0 Å². The number of nitrogens with one attached hydrogen (secondary N) is 2. The Morgan fingerprint density at radius 1 is 1.30 bits per heavy atom. The number of hydrogen-bond acceptors (Lipinski definition) is 6. The van der Waals surface area contributed by atoms with E-state index in [1.165, 1.54) is 14.2 Å². The van der Waals surface area contributed by atoms with Crippen LogP contribution in [0.2, 0.25) is 0 Å². The minimum absolute atomic E-state index is 0.197. The highest BCUT2D eigenvalue weighted by Crippen LogP contribution is 2.28. The molecular weight excluding hydrogens is 304 g/mol. The maximum Gasteiger partial charge on any atom is 0.329 e. The van der Waals surface area contributed by atoms with Crippen LogP contribution in [-0.4, -0.2) is 44.7 Å². The molecule has 8 heteroatoms.